The number of amides is 4. The van der Waals surface area contributed by atoms with Crippen molar-refractivity contribution in [2.24, 2.45) is 0 Å². The van der Waals surface area contributed by atoms with Crippen LogP contribution in [0.4, 0.5) is 4.79 Å². The van der Waals surface area contributed by atoms with E-state index in [0.29, 0.717) is 17.9 Å². The number of nitrogens with zero attached hydrogens (tertiary/aromatic N) is 2. The molecule has 2 saturated heterocycles. The van der Waals surface area contributed by atoms with Crippen molar-refractivity contribution in [3.63, 3.8) is 0 Å². The van der Waals surface area contributed by atoms with E-state index in [1.165, 1.54) is 11.9 Å². The summed E-state index contributed by atoms with van der Waals surface area (Å²) in [5, 5.41) is 2.69. The molecule has 0 saturated carbocycles. The molecule has 4 amide bonds. The number of carbonyl (C=O) groups is 3. The van der Waals surface area contributed by atoms with Crippen LogP contribution < -0.4 is 5.32 Å². The quantitative estimate of drug-likeness (QED) is 0.720. The molecule has 1 aromatic carbocycles. The standard InChI is InChI=1S/C20H27N3O5S/c1-13(2)14-5-7-15(8-6-14)20(3)18(25)23(19(26)21-20)11-17(24)22(4)16-9-10-29(27,28)12-16/h5-8,13,16H,9-12H2,1-4H3,(H,21,26)/t16-,20+/m0/s1. The zero-order chi connectivity index (χ0) is 21.6. The van der Waals surface area contributed by atoms with Crippen molar-refractivity contribution < 1.29 is 22.8 Å². The third-order valence-corrected chi connectivity index (χ3v) is 7.62. The molecule has 8 nitrogen and oxygen atoms in total. The van der Waals surface area contributed by atoms with Crippen molar-refractivity contribution >= 4 is 27.7 Å². The molecule has 2 heterocycles. The van der Waals surface area contributed by atoms with Gasteiger partial charge in [-0.1, -0.05) is 38.1 Å². The summed E-state index contributed by atoms with van der Waals surface area (Å²) in [7, 11) is -1.63. The average Bonchev–Trinajstić information content (AvgIpc) is 3.13. The van der Waals surface area contributed by atoms with E-state index in [1.54, 1.807) is 6.92 Å². The fraction of sp³-hybridized carbons (Fsp3) is 0.550. The Bertz CT molecular complexity index is 941. The molecule has 0 unspecified atom stereocenters. The molecular formula is C20H27N3O5S. The normalized spacial score (nSPS) is 26.1. The van der Waals surface area contributed by atoms with Crippen LogP contribution in [0.1, 0.15) is 44.2 Å². The van der Waals surface area contributed by atoms with Gasteiger partial charge in [0.15, 0.2) is 9.84 Å². The fourth-order valence-electron chi connectivity index (χ4n) is 3.77. The molecule has 0 bridgehead atoms. The lowest BCUT2D eigenvalue weighted by Gasteiger charge is -2.26. The lowest BCUT2D eigenvalue weighted by atomic mass is 9.90. The van der Waals surface area contributed by atoms with Crippen LogP contribution in [0, 0.1) is 0 Å². The zero-order valence-electron chi connectivity index (χ0n) is 17.1. The molecule has 2 fully saturated rings. The van der Waals surface area contributed by atoms with E-state index >= 15 is 0 Å². The molecule has 0 radical (unpaired) electrons. The topological polar surface area (TPSA) is 104 Å². The molecule has 29 heavy (non-hydrogen) atoms. The van der Waals surface area contributed by atoms with Gasteiger partial charge in [0.25, 0.3) is 5.91 Å². The van der Waals surface area contributed by atoms with Crippen LogP contribution in [-0.4, -0.2) is 67.2 Å². The Kier molecular flexibility index (Phi) is 5.46. The van der Waals surface area contributed by atoms with Crippen molar-refractivity contribution in [3.05, 3.63) is 35.4 Å². The first-order chi connectivity index (χ1) is 13.4. The van der Waals surface area contributed by atoms with Gasteiger partial charge in [-0.3, -0.25) is 14.5 Å². The number of sulfone groups is 1. The largest absolute Gasteiger partial charge is 0.340 e. The van der Waals surface area contributed by atoms with Crippen LogP contribution in [0.15, 0.2) is 24.3 Å². The number of hydrogen-bond acceptors (Lipinski definition) is 5. The smallest absolute Gasteiger partial charge is 0.325 e. The van der Waals surface area contributed by atoms with E-state index in [0.717, 1.165) is 10.5 Å². The Morgan fingerprint density at radius 1 is 1.28 bits per heavy atom. The van der Waals surface area contributed by atoms with Crippen molar-refractivity contribution in [2.45, 2.75) is 44.7 Å². The first kappa shape index (κ1) is 21.3. The van der Waals surface area contributed by atoms with Gasteiger partial charge in [-0.25, -0.2) is 13.2 Å². The maximum absolute atomic E-state index is 13.0. The SMILES string of the molecule is CC(C)c1ccc([C@@]2(C)NC(=O)N(CC(=O)N(C)[C@H]3CCS(=O)(=O)C3)C2=O)cc1. The summed E-state index contributed by atoms with van der Waals surface area (Å²) in [4.78, 5) is 40.3. The first-order valence-corrected chi connectivity index (χ1v) is 11.5. The minimum absolute atomic E-state index is 0.0445. The van der Waals surface area contributed by atoms with Gasteiger partial charge in [0, 0.05) is 13.1 Å². The Morgan fingerprint density at radius 2 is 1.90 bits per heavy atom. The van der Waals surface area contributed by atoms with Gasteiger partial charge in [-0.2, -0.15) is 0 Å². The van der Waals surface area contributed by atoms with Crippen molar-refractivity contribution in [1.82, 2.24) is 15.1 Å². The summed E-state index contributed by atoms with van der Waals surface area (Å²) < 4.78 is 23.3. The Labute approximate surface area is 171 Å². The summed E-state index contributed by atoms with van der Waals surface area (Å²) in [6, 6.07) is 6.41. The summed E-state index contributed by atoms with van der Waals surface area (Å²) in [5.41, 5.74) is 0.516. The van der Waals surface area contributed by atoms with Crippen LogP contribution in [-0.2, 0) is 25.0 Å². The fourth-order valence-corrected chi connectivity index (χ4v) is 5.54. The number of urea groups is 1. The third-order valence-electron chi connectivity index (χ3n) is 5.87. The maximum atomic E-state index is 13.0. The summed E-state index contributed by atoms with van der Waals surface area (Å²) >= 11 is 0. The third kappa shape index (κ3) is 4.01. The Hall–Kier alpha value is -2.42. The molecule has 2 aliphatic heterocycles. The minimum atomic E-state index is -3.14. The molecule has 0 spiro atoms. The van der Waals surface area contributed by atoms with E-state index in [2.05, 4.69) is 19.2 Å². The van der Waals surface area contributed by atoms with Crippen LogP contribution in [0.25, 0.3) is 0 Å². The first-order valence-electron chi connectivity index (χ1n) is 9.65. The van der Waals surface area contributed by atoms with Gasteiger partial charge >= 0.3 is 6.03 Å². The second-order valence-corrected chi connectivity index (χ2v) is 10.5. The average molecular weight is 422 g/mol. The highest BCUT2D eigenvalue weighted by Crippen LogP contribution is 2.30. The Morgan fingerprint density at radius 3 is 2.41 bits per heavy atom. The van der Waals surface area contributed by atoms with Gasteiger partial charge in [-0.05, 0) is 30.4 Å². The molecule has 158 valence electrons. The summed E-state index contributed by atoms with van der Waals surface area (Å²) in [6.45, 7) is 5.34. The summed E-state index contributed by atoms with van der Waals surface area (Å²) in [6.07, 6.45) is 0.366. The molecule has 3 rings (SSSR count). The number of likely N-dealkylation sites (N-methyl/N-ethyl adjacent to an activating group) is 1. The number of imide groups is 1. The van der Waals surface area contributed by atoms with E-state index < -0.39 is 45.8 Å². The highest BCUT2D eigenvalue weighted by Gasteiger charge is 2.50. The zero-order valence-corrected chi connectivity index (χ0v) is 18.0. The molecule has 2 aliphatic rings. The monoisotopic (exact) mass is 421 g/mol. The van der Waals surface area contributed by atoms with Gasteiger partial charge in [0.2, 0.25) is 5.91 Å². The van der Waals surface area contributed by atoms with Crippen molar-refractivity contribution in [3.8, 4) is 0 Å². The van der Waals surface area contributed by atoms with E-state index in [9.17, 15) is 22.8 Å². The minimum Gasteiger partial charge on any atom is -0.340 e. The molecule has 9 heteroatoms. The highest BCUT2D eigenvalue weighted by molar-refractivity contribution is 7.91. The van der Waals surface area contributed by atoms with E-state index in [-0.39, 0.29) is 11.5 Å². The van der Waals surface area contributed by atoms with Crippen LogP contribution in [0.3, 0.4) is 0 Å². The van der Waals surface area contributed by atoms with Gasteiger partial charge in [-0.15, -0.1) is 0 Å². The van der Waals surface area contributed by atoms with Crippen LogP contribution >= 0.6 is 0 Å². The molecule has 1 aromatic rings. The maximum Gasteiger partial charge on any atom is 0.325 e. The van der Waals surface area contributed by atoms with Crippen molar-refractivity contribution in [2.75, 3.05) is 25.1 Å². The number of hydrogen-bond donors (Lipinski definition) is 1. The number of benzene rings is 1. The van der Waals surface area contributed by atoms with Crippen molar-refractivity contribution in [1.29, 1.82) is 0 Å². The number of rotatable bonds is 5. The van der Waals surface area contributed by atoms with Crippen LogP contribution in [0.2, 0.25) is 0 Å². The predicted molar refractivity (Wildman–Crippen MR) is 108 cm³/mol. The predicted octanol–water partition coefficient (Wildman–Crippen LogP) is 1.22. The van der Waals surface area contributed by atoms with E-state index in [4.69, 9.17) is 0 Å². The van der Waals surface area contributed by atoms with E-state index in [1.807, 2.05) is 24.3 Å². The molecular weight excluding hydrogens is 394 g/mol. The molecule has 0 aliphatic carbocycles. The second-order valence-electron chi connectivity index (χ2n) is 8.28. The van der Waals surface area contributed by atoms with Gasteiger partial charge in [0.05, 0.1) is 11.5 Å². The van der Waals surface area contributed by atoms with Gasteiger partial charge < -0.3 is 10.2 Å². The molecule has 2 atom stereocenters. The lowest BCUT2D eigenvalue weighted by Crippen LogP contribution is -2.46. The molecule has 0 aromatic heterocycles. The molecule has 1 N–H and O–H groups in total. The number of nitrogens with one attached hydrogen (secondary N) is 1. The van der Waals surface area contributed by atoms with Crippen LogP contribution in [0.5, 0.6) is 0 Å². The van der Waals surface area contributed by atoms with Gasteiger partial charge in [0.1, 0.15) is 12.1 Å². The summed E-state index contributed by atoms with van der Waals surface area (Å²) in [5.74, 6) is -0.664. The highest BCUT2D eigenvalue weighted by atomic mass is 32.2. The second kappa shape index (κ2) is 7.44. The Balaban J connectivity index is 1.74. The number of carbonyl (C=O) groups excluding carboxylic acids is 3. The lowest BCUT2D eigenvalue weighted by molar-refractivity contribution is -0.139.